The van der Waals surface area contributed by atoms with Crippen LogP contribution >= 0.6 is 0 Å². The molecule has 25 heavy (non-hydrogen) atoms. The van der Waals surface area contributed by atoms with Gasteiger partial charge in [-0.05, 0) is 61.5 Å². The molecule has 0 spiro atoms. The van der Waals surface area contributed by atoms with Crippen molar-refractivity contribution in [2.24, 2.45) is 23.7 Å². The lowest BCUT2D eigenvalue weighted by molar-refractivity contribution is -0.0529. The summed E-state index contributed by atoms with van der Waals surface area (Å²) < 4.78 is 28.7. The average Bonchev–Trinajstić information content (AvgIpc) is 3.08. The summed E-state index contributed by atoms with van der Waals surface area (Å²) in [6.07, 6.45) is 5.18. The monoisotopic (exact) mass is 353 g/mol. The summed E-state index contributed by atoms with van der Waals surface area (Å²) >= 11 is 0. The number of hydrogen-bond donors (Lipinski definition) is 2. The first-order valence-electron chi connectivity index (χ1n) is 8.88. The van der Waals surface area contributed by atoms with Gasteiger partial charge in [0.05, 0.1) is 0 Å². The van der Waals surface area contributed by atoms with Gasteiger partial charge in [0.1, 0.15) is 0 Å². The van der Waals surface area contributed by atoms with Gasteiger partial charge in [-0.15, -0.1) is 0 Å². The molecule has 5 atom stereocenters. The van der Waals surface area contributed by atoms with Crippen LogP contribution in [0.3, 0.4) is 0 Å². The van der Waals surface area contributed by atoms with E-state index >= 15 is 0 Å². The van der Waals surface area contributed by atoms with Crippen molar-refractivity contribution >= 4 is 6.03 Å². The van der Waals surface area contributed by atoms with E-state index < -0.39 is 6.61 Å². The first kappa shape index (κ1) is 17.9. The van der Waals surface area contributed by atoms with Crippen molar-refractivity contribution in [2.75, 3.05) is 0 Å². The van der Waals surface area contributed by atoms with Crippen molar-refractivity contribution in [3.63, 3.8) is 0 Å². The minimum Gasteiger partial charge on any atom is -0.417 e. The van der Waals surface area contributed by atoms with E-state index in [1.165, 1.54) is 31.5 Å². The Morgan fingerprint density at radius 3 is 2.88 bits per heavy atom. The number of nitrogens with zero attached hydrogens (tertiary/aromatic N) is 1. The van der Waals surface area contributed by atoms with Crippen molar-refractivity contribution in [3.8, 4) is 5.88 Å². The molecule has 2 saturated carbocycles. The summed E-state index contributed by atoms with van der Waals surface area (Å²) in [6, 6.07) is 2.94. The van der Waals surface area contributed by atoms with Gasteiger partial charge >= 0.3 is 12.6 Å². The fourth-order valence-corrected chi connectivity index (χ4v) is 4.58. The zero-order valence-corrected chi connectivity index (χ0v) is 14.5. The molecule has 2 aliphatic rings. The number of halogens is 2. The lowest BCUT2D eigenvalue weighted by Crippen LogP contribution is -2.45. The third-order valence-electron chi connectivity index (χ3n) is 5.88. The molecule has 2 fully saturated rings. The van der Waals surface area contributed by atoms with Gasteiger partial charge in [0.2, 0.25) is 5.88 Å². The average molecular weight is 353 g/mol. The molecular formula is C18H25F2N3O2. The molecule has 0 radical (unpaired) electrons. The van der Waals surface area contributed by atoms with Gasteiger partial charge in [-0.2, -0.15) is 8.78 Å². The number of pyridine rings is 1. The minimum atomic E-state index is -2.91. The van der Waals surface area contributed by atoms with Crippen LogP contribution in [-0.4, -0.2) is 23.7 Å². The minimum absolute atomic E-state index is 0.132. The van der Waals surface area contributed by atoms with Crippen molar-refractivity contribution in [1.29, 1.82) is 0 Å². The molecule has 7 heteroatoms. The highest BCUT2D eigenvalue weighted by molar-refractivity contribution is 5.74. The topological polar surface area (TPSA) is 63.2 Å². The Kier molecular flexibility index (Phi) is 5.39. The molecule has 0 saturated heterocycles. The Morgan fingerprint density at radius 1 is 1.44 bits per heavy atom. The second-order valence-corrected chi connectivity index (χ2v) is 7.26. The van der Waals surface area contributed by atoms with Crippen LogP contribution in [0, 0.1) is 23.7 Å². The molecule has 2 bridgehead atoms. The van der Waals surface area contributed by atoms with Crippen LogP contribution in [0.25, 0.3) is 0 Å². The molecule has 138 valence electrons. The lowest BCUT2D eigenvalue weighted by Gasteiger charge is -2.29. The van der Waals surface area contributed by atoms with Crippen molar-refractivity contribution in [2.45, 2.75) is 52.3 Å². The Balaban J connectivity index is 1.47. The molecule has 1 heterocycles. The van der Waals surface area contributed by atoms with E-state index in [2.05, 4.69) is 34.2 Å². The van der Waals surface area contributed by atoms with Crippen LogP contribution in [0.1, 0.15) is 38.7 Å². The van der Waals surface area contributed by atoms with E-state index in [0.29, 0.717) is 11.5 Å². The van der Waals surface area contributed by atoms with Crippen LogP contribution < -0.4 is 15.4 Å². The molecule has 1 aromatic heterocycles. The maximum atomic E-state index is 12.2. The zero-order valence-electron chi connectivity index (χ0n) is 14.5. The molecule has 0 aliphatic heterocycles. The summed E-state index contributed by atoms with van der Waals surface area (Å²) in [6.45, 7) is 1.72. The normalized spacial score (nSPS) is 28.8. The fourth-order valence-electron chi connectivity index (χ4n) is 4.58. The van der Waals surface area contributed by atoms with Crippen LogP contribution in [0.15, 0.2) is 18.3 Å². The van der Waals surface area contributed by atoms with Crippen LogP contribution in [0.4, 0.5) is 13.6 Å². The first-order valence-corrected chi connectivity index (χ1v) is 8.88. The second-order valence-electron chi connectivity index (χ2n) is 7.26. The van der Waals surface area contributed by atoms with E-state index in [-0.39, 0.29) is 24.5 Å². The summed E-state index contributed by atoms with van der Waals surface area (Å²) in [7, 11) is 0. The largest absolute Gasteiger partial charge is 0.417 e. The van der Waals surface area contributed by atoms with E-state index in [4.69, 9.17) is 0 Å². The highest BCUT2D eigenvalue weighted by Crippen LogP contribution is 2.53. The Hall–Kier alpha value is -1.92. The van der Waals surface area contributed by atoms with Crippen LogP contribution in [-0.2, 0) is 6.54 Å². The Morgan fingerprint density at radius 2 is 2.24 bits per heavy atom. The van der Waals surface area contributed by atoms with Crippen molar-refractivity contribution < 1.29 is 18.3 Å². The summed E-state index contributed by atoms with van der Waals surface area (Å²) in [5, 5.41) is 5.80. The van der Waals surface area contributed by atoms with Crippen molar-refractivity contribution in [1.82, 2.24) is 15.6 Å². The molecule has 2 amide bonds. The van der Waals surface area contributed by atoms with Gasteiger partial charge in [-0.1, -0.05) is 6.92 Å². The maximum Gasteiger partial charge on any atom is 0.388 e. The smallest absolute Gasteiger partial charge is 0.388 e. The molecule has 0 aromatic carbocycles. The quantitative estimate of drug-likeness (QED) is 0.822. The number of fused-ring (bicyclic) bond motifs is 2. The van der Waals surface area contributed by atoms with E-state index in [1.54, 1.807) is 6.07 Å². The highest BCUT2D eigenvalue weighted by Gasteiger charge is 2.47. The molecular weight excluding hydrogens is 328 g/mol. The van der Waals surface area contributed by atoms with E-state index in [0.717, 1.165) is 17.8 Å². The van der Waals surface area contributed by atoms with Crippen molar-refractivity contribution in [3.05, 3.63) is 23.9 Å². The van der Waals surface area contributed by atoms with Gasteiger partial charge in [0.25, 0.3) is 0 Å². The third-order valence-corrected chi connectivity index (χ3v) is 5.88. The predicted molar refractivity (Wildman–Crippen MR) is 89.2 cm³/mol. The highest BCUT2D eigenvalue weighted by atomic mass is 19.3. The molecule has 2 N–H and O–H groups in total. The summed E-state index contributed by atoms with van der Waals surface area (Å²) in [5.74, 6) is 2.69. The number of alkyl halides is 2. The summed E-state index contributed by atoms with van der Waals surface area (Å²) in [4.78, 5) is 15.9. The number of hydrogen-bond acceptors (Lipinski definition) is 3. The molecule has 3 rings (SSSR count). The van der Waals surface area contributed by atoms with Gasteiger partial charge in [-0.3, -0.25) is 0 Å². The number of carbonyl (C=O) groups excluding carboxylic acids is 1. The number of carbonyl (C=O) groups is 1. The molecule has 4 unspecified atom stereocenters. The standard InChI is InChI=1S/C18H25F2N3O2/c1-10-13-3-4-14(10)15(8-13)11(2)23-18(24)22-9-12-5-6-21-16(7-12)25-17(19)20/h5-7,10-11,13-15,17H,3-4,8-9H2,1-2H3,(H2,22,23,24)/t10-,11?,13?,14?,15?/m1/s1. The lowest BCUT2D eigenvalue weighted by atomic mass is 9.83. The Labute approximate surface area is 146 Å². The van der Waals surface area contributed by atoms with Gasteiger partial charge < -0.3 is 15.4 Å². The number of nitrogens with one attached hydrogen (secondary N) is 2. The number of amides is 2. The number of urea groups is 1. The van der Waals surface area contributed by atoms with E-state index in [9.17, 15) is 13.6 Å². The van der Waals surface area contributed by atoms with Crippen LogP contribution in [0.5, 0.6) is 5.88 Å². The van der Waals surface area contributed by atoms with Gasteiger partial charge in [0.15, 0.2) is 0 Å². The zero-order chi connectivity index (χ0) is 18.0. The fraction of sp³-hybridized carbons (Fsp3) is 0.667. The molecule has 5 nitrogen and oxygen atoms in total. The molecule has 2 aliphatic carbocycles. The summed E-state index contributed by atoms with van der Waals surface area (Å²) in [5.41, 5.74) is 0.655. The van der Waals surface area contributed by atoms with Gasteiger partial charge in [-0.25, -0.2) is 9.78 Å². The molecule has 1 aromatic rings. The first-order chi connectivity index (χ1) is 11.9. The number of rotatable bonds is 6. The van der Waals surface area contributed by atoms with E-state index in [1.807, 2.05) is 0 Å². The maximum absolute atomic E-state index is 12.2. The van der Waals surface area contributed by atoms with Gasteiger partial charge in [0, 0.05) is 24.8 Å². The predicted octanol–water partition coefficient (Wildman–Crippen LogP) is 3.55. The Bertz CT molecular complexity index is 614. The SMILES string of the molecule is CC(NC(=O)NCc1ccnc(OC(F)F)c1)C1CC2CCC1[C@@H]2C. The second kappa shape index (κ2) is 7.54. The van der Waals surface area contributed by atoms with Crippen LogP contribution in [0.2, 0.25) is 0 Å². The number of aromatic nitrogens is 1. The third kappa shape index (κ3) is 4.19. The number of ether oxygens (including phenoxy) is 1.